The fourth-order valence-electron chi connectivity index (χ4n) is 7.07. The first-order chi connectivity index (χ1) is 16.8. The second kappa shape index (κ2) is 8.78. The molecule has 35 heavy (non-hydrogen) atoms. The SMILES string of the molecule is O=C(O)CCCCCN1C(=O)[C@@H]2[C@H]3C[C@@H]([C@@H]2C1=O)[C@@H]1[C@@H](c2ccc(Cl)cc2)c2sc(=O)[nH]c2S[C@@H]31. The number of amides is 2. The first kappa shape index (κ1) is 23.3. The number of H-pyrrole nitrogens is 1. The summed E-state index contributed by atoms with van der Waals surface area (Å²) >= 11 is 9.09. The van der Waals surface area contributed by atoms with Crippen molar-refractivity contribution in [3.8, 4) is 0 Å². The van der Waals surface area contributed by atoms with Gasteiger partial charge in [0.2, 0.25) is 11.8 Å². The number of halogens is 1. The van der Waals surface area contributed by atoms with Crippen LogP contribution in [0.4, 0.5) is 0 Å². The first-order valence-corrected chi connectivity index (χ1v) is 14.1. The summed E-state index contributed by atoms with van der Waals surface area (Å²) in [5.41, 5.74) is 1.09. The molecule has 1 aromatic heterocycles. The van der Waals surface area contributed by atoms with Gasteiger partial charge in [-0.2, -0.15) is 0 Å². The van der Waals surface area contributed by atoms with Gasteiger partial charge in [0.15, 0.2) is 0 Å². The molecule has 2 aliphatic carbocycles. The van der Waals surface area contributed by atoms with Crippen LogP contribution in [0.2, 0.25) is 5.02 Å². The molecule has 1 aromatic carbocycles. The van der Waals surface area contributed by atoms with Crippen molar-refractivity contribution in [1.29, 1.82) is 0 Å². The van der Waals surface area contributed by atoms with E-state index >= 15 is 0 Å². The van der Waals surface area contributed by atoms with Crippen LogP contribution in [-0.4, -0.2) is 44.6 Å². The van der Waals surface area contributed by atoms with E-state index in [9.17, 15) is 19.2 Å². The number of thiazole rings is 1. The molecular formula is C25H25ClN2O5S2. The van der Waals surface area contributed by atoms with E-state index in [1.165, 1.54) is 16.2 Å². The molecule has 2 bridgehead atoms. The van der Waals surface area contributed by atoms with Crippen LogP contribution in [0.25, 0.3) is 0 Å². The van der Waals surface area contributed by atoms with E-state index in [2.05, 4.69) is 4.98 Å². The minimum absolute atomic E-state index is 0.00128. The third-order valence-corrected chi connectivity index (χ3v) is 11.2. The maximum atomic E-state index is 13.5. The van der Waals surface area contributed by atoms with E-state index in [0.717, 1.165) is 21.9 Å². The Kier molecular flexibility index (Phi) is 5.85. The van der Waals surface area contributed by atoms with Crippen molar-refractivity contribution >= 4 is 52.5 Å². The van der Waals surface area contributed by atoms with Crippen LogP contribution in [0.5, 0.6) is 0 Å². The van der Waals surface area contributed by atoms with Gasteiger partial charge in [-0.3, -0.25) is 24.1 Å². The summed E-state index contributed by atoms with van der Waals surface area (Å²) in [6, 6.07) is 7.77. The van der Waals surface area contributed by atoms with Gasteiger partial charge in [-0.05, 0) is 54.7 Å². The van der Waals surface area contributed by atoms with Crippen molar-refractivity contribution in [2.45, 2.75) is 48.3 Å². The normalized spacial score (nSPS) is 32.6. The predicted molar refractivity (Wildman–Crippen MR) is 133 cm³/mol. The Morgan fingerprint density at radius 1 is 1.06 bits per heavy atom. The number of aliphatic carboxylic acids is 1. The largest absolute Gasteiger partial charge is 0.481 e. The standard InChI is InChI=1S/C25H25ClN2O5S2/c26-12-7-5-11(6-8-12)16-17-13-10-14(20(17)34-22-21(16)35-25(33)27-22)19-18(13)23(31)28(24(19)32)9-3-1-2-4-15(29)30/h5-8,13-14,16-20H,1-4,9-10H2,(H,27,33)(H,29,30)/t13-,14-,16-,17-,18+,19-,20+/m1/s1. The van der Waals surface area contributed by atoms with Gasteiger partial charge in [0.25, 0.3) is 0 Å². The number of carboxylic acids is 1. The van der Waals surface area contributed by atoms with Gasteiger partial charge >= 0.3 is 10.8 Å². The molecule has 1 saturated heterocycles. The lowest BCUT2D eigenvalue weighted by atomic mass is 9.68. The summed E-state index contributed by atoms with van der Waals surface area (Å²) in [5.74, 6) is -1.12. The van der Waals surface area contributed by atoms with Crippen molar-refractivity contribution in [3.05, 3.63) is 49.4 Å². The minimum Gasteiger partial charge on any atom is -0.481 e. The fourth-order valence-corrected chi connectivity index (χ4v) is 10.1. The lowest BCUT2D eigenvalue weighted by Gasteiger charge is -2.43. The molecule has 0 unspecified atom stereocenters. The lowest BCUT2D eigenvalue weighted by Crippen LogP contribution is -2.42. The number of rotatable bonds is 7. The number of nitrogens with zero attached hydrogens (tertiary/aromatic N) is 1. The number of likely N-dealkylation sites (tertiary alicyclic amines) is 1. The Hall–Kier alpha value is -2.10. The Labute approximate surface area is 215 Å². The molecule has 0 spiro atoms. The number of hydrogen-bond acceptors (Lipinski definition) is 6. The number of fused-ring (bicyclic) bond motifs is 9. The molecule has 2 aliphatic heterocycles. The highest BCUT2D eigenvalue weighted by Gasteiger charge is 2.69. The molecule has 2 saturated carbocycles. The third kappa shape index (κ3) is 3.69. The summed E-state index contributed by atoms with van der Waals surface area (Å²) in [6.45, 7) is 0.369. The summed E-state index contributed by atoms with van der Waals surface area (Å²) in [4.78, 5) is 55.4. The number of hydrogen-bond donors (Lipinski definition) is 2. The zero-order valence-electron chi connectivity index (χ0n) is 18.8. The van der Waals surface area contributed by atoms with Crippen molar-refractivity contribution in [1.82, 2.24) is 9.88 Å². The first-order valence-electron chi connectivity index (χ1n) is 12.1. The van der Waals surface area contributed by atoms with Gasteiger partial charge in [-0.25, -0.2) is 0 Å². The topological polar surface area (TPSA) is 108 Å². The average Bonchev–Trinajstić information content (AvgIpc) is 3.54. The average molecular weight is 533 g/mol. The van der Waals surface area contributed by atoms with Crippen molar-refractivity contribution in [2.75, 3.05) is 6.54 Å². The zero-order valence-corrected chi connectivity index (χ0v) is 21.2. The number of unbranched alkanes of at least 4 members (excludes halogenated alkanes) is 2. The number of aromatic nitrogens is 1. The van der Waals surface area contributed by atoms with Gasteiger partial charge in [0, 0.05) is 34.0 Å². The minimum atomic E-state index is -0.824. The smallest absolute Gasteiger partial charge is 0.305 e. The van der Waals surface area contributed by atoms with E-state index in [4.69, 9.17) is 16.7 Å². The monoisotopic (exact) mass is 532 g/mol. The number of aromatic amines is 1. The molecule has 0 radical (unpaired) electrons. The molecule has 7 atom stereocenters. The van der Waals surface area contributed by atoms with Crippen LogP contribution in [0.15, 0.2) is 34.1 Å². The van der Waals surface area contributed by atoms with Gasteiger partial charge in [0.05, 0.1) is 16.9 Å². The Morgan fingerprint density at radius 2 is 1.77 bits per heavy atom. The molecule has 184 valence electrons. The maximum absolute atomic E-state index is 13.5. The van der Waals surface area contributed by atoms with Crippen LogP contribution < -0.4 is 4.87 Å². The molecule has 2 N–H and O–H groups in total. The molecule has 2 aromatic rings. The second-order valence-corrected chi connectivity index (χ2v) is 12.7. The summed E-state index contributed by atoms with van der Waals surface area (Å²) < 4.78 is 0. The number of nitrogens with one attached hydrogen (secondary N) is 1. The Morgan fingerprint density at radius 3 is 2.49 bits per heavy atom. The van der Waals surface area contributed by atoms with Crippen molar-refractivity contribution < 1.29 is 19.5 Å². The molecule has 3 heterocycles. The van der Waals surface area contributed by atoms with Gasteiger partial charge in [-0.1, -0.05) is 41.5 Å². The number of imide groups is 1. The molecule has 4 aliphatic rings. The van der Waals surface area contributed by atoms with Gasteiger partial charge in [0.1, 0.15) is 0 Å². The fraction of sp³-hybridized carbons (Fsp3) is 0.520. The van der Waals surface area contributed by atoms with Crippen LogP contribution in [0.1, 0.15) is 48.5 Å². The zero-order chi connectivity index (χ0) is 24.4. The second-order valence-electron chi connectivity index (χ2n) is 10.0. The van der Waals surface area contributed by atoms with E-state index in [1.807, 2.05) is 24.3 Å². The summed E-state index contributed by atoms with van der Waals surface area (Å²) in [6.07, 6.45) is 2.83. The van der Waals surface area contributed by atoms with Crippen LogP contribution in [0, 0.1) is 29.6 Å². The van der Waals surface area contributed by atoms with Crippen molar-refractivity contribution in [3.63, 3.8) is 0 Å². The number of carbonyl (C=O) groups is 3. The molecule has 6 rings (SSSR count). The van der Waals surface area contributed by atoms with E-state index in [0.29, 0.717) is 30.8 Å². The van der Waals surface area contributed by atoms with E-state index in [1.54, 1.807) is 11.8 Å². The molecule has 3 fully saturated rings. The summed E-state index contributed by atoms with van der Waals surface area (Å²) in [7, 11) is 0. The van der Waals surface area contributed by atoms with Crippen LogP contribution in [0.3, 0.4) is 0 Å². The quantitative estimate of drug-likeness (QED) is 0.408. The van der Waals surface area contributed by atoms with Crippen molar-refractivity contribution in [2.24, 2.45) is 29.6 Å². The highest BCUT2D eigenvalue weighted by molar-refractivity contribution is 8.00. The van der Waals surface area contributed by atoms with Gasteiger partial charge in [-0.15, -0.1) is 11.8 Å². The van der Waals surface area contributed by atoms with Crippen LogP contribution >= 0.6 is 34.7 Å². The maximum Gasteiger partial charge on any atom is 0.305 e. The van der Waals surface area contributed by atoms with E-state index < -0.39 is 5.97 Å². The van der Waals surface area contributed by atoms with Crippen LogP contribution in [-0.2, 0) is 14.4 Å². The number of benzene rings is 1. The van der Waals surface area contributed by atoms with Gasteiger partial charge < -0.3 is 10.1 Å². The highest BCUT2D eigenvalue weighted by atomic mass is 35.5. The number of carboxylic acid groups (broad SMARTS) is 1. The van der Waals surface area contributed by atoms with E-state index in [-0.39, 0.29) is 63.9 Å². The Balaban J connectivity index is 1.28. The third-order valence-electron chi connectivity index (χ3n) is 8.32. The Bertz CT molecular complexity index is 1260. The molecule has 7 nitrogen and oxygen atoms in total. The predicted octanol–water partition coefficient (Wildman–Crippen LogP) is 4.21. The molecule has 10 heteroatoms. The number of carbonyl (C=O) groups excluding carboxylic acids is 2. The highest BCUT2D eigenvalue weighted by Crippen LogP contribution is 2.68. The molecular weight excluding hydrogens is 508 g/mol. The molecule has 2 amide bonds. The summed E-state index contributed by atoms with van der Waals surface area (Å²) in [5, 5.41) is 10.5. The lowest BCUT2D eigenvalue weighted by molar-refractivity contribution is -0.141. The number of thioether (sulfide) groups is 1.